The predicted molar refractivity (Wildman–Crippen MR) is 219 cm³/mol. The van der Waals surface area contributed by atoms with Crippen LogP contribution < -0.4 is 9.47 Å². The fourth-order valence-electron chi connectivity index (χ4n) is 8.86. The van der Waals surface area contributed by atoms with Crippen LogP contribution in [0.3, 0.4) is 0 Å². The van der Waals surface area contributed by atoms with Gasteiger partial charge in [-0.15, -0.1) is 0 Å². The average Bonchev–Trinajstić information content (AvgIpc) is 3.65. The van der Waals surface area contributed by atoms with Crippen molar-refractivity contribution >= 4 is 97.0 Å². The quantitative estimate of drug-likeness (QED) is 0.175. The Labute approximate surface area is 298 Å². The van der Waals surface area contributed by atoms with Gasteiger partial charge in [0.05, 0.1) is 0 Å². The van der Waals surface area contributed by atoms with Crippen molar-refractivity contribution in [2.45, 2.75) is 0 Å². The van der Waals surface area contributed by atoms with Crippen molar-refractivity contribution in [2.75, 3.05) is 0 Å². The number of fused-ring (bicyclic) bond motifs is 11. The minimum Gasteiger partial charge on any atom is -0.457 e. The van der Waals surface area contributed by atoms with E-state index in [1.165, 1.54) is 97.0 Å². The number of hydrogen-bond acceptors (Lipinski definition) is 2. The lowest BCUT2D eigenvalue weighted by Crippen LogP contribution is -1.88. The molecule has 2 nitrogen and oxygen atoms in total. The highest BCUT2D eigenvalue weighted by Crippen LogP contribution is 2.50. The molecule has 52 heavy (non-hydrogen) atoms. The lowest BCUT2D eigenvalue weighted by Gasteiger charge is -2.14. The van der Waals surface area contributed by atoms with Gasteiger partial charge in [-0.3, -0.25) is 0 Å². The molecule has 12 rings (SSSR count). The first-order chi connectivity index (χ1) is 25.7. The zero-order valence-corrected chi connectivity index (χ0v) is 28.0. The topological polar surface area (TPSA) is 18.5 Å². The van der Waals surface area contributed by atoms with Crippen LogP contribution in [0.2, 0.25) is 0 Å². The lowest BCUT2D eigenvalue weighted by atomic mass is 9.93. The third-order valence-electron chi connectivity index (χ3n) is 11.1. The Hall–Kier alpha value is -6.90. The van der Waals surface area contributed by atoms with Crippen LogP contribution in [0.15, 0.2) is 170 Å². The Balaban J connectivity index is 1.27. The van der Waals surface area contributed by atoms with Crippen molar-refractivity contribution < 1.29 is 9.47 Å². The van der Waals surface area contributed by atoms with Crippen LogP contribution in [0.25, 0.3) is 97.0 Å². The highest BCUT2D eigenvalue weighted by atomic mass is 16.5. The fourth-order valence-corrected chi connectivity index (χ4v) is 8.86. The van der Waals surface area contributed by atoms with E-state index in [4.69, 9.17) is 9.47 Å². The van der Waals surface area contributed by atoms with Crippen LogP contribution in [0.5, 0.6) is 23.0 Å². The molecule has 0 fully saturated rings. The van der Waals surface area contributed by atoms with Crippen LogP contribution in [0.1, 0.15) is 0 Å². The Bertz CT molecular complexity index is 3150. The van der Waals surface area contributed by atoms with Crippen LogP contribution >= 0.6 is 0 Å². The first-order valence-corrected chi connectivity index (χ1v) is 17.8. The van der Waals surface area contributed by atoms with Gasteiger partial charge in [0.2, 0.25) is 0 Å². The molecule has 0 aliphatic rings. The van der Waals surface area contributed by atoms with Crippen molar-refractivity contribution in [3.63, 3.8) is 0 Å². The molecular formula is C50H28O2. The molecule has 12 aromatic rings. The maximum Gasteiger partial charge on any atom is 0.128 e. The van der Waals surface area contributed by atoms with E-state index in [1.807, 2.05) is 60.7 Å². The first-order valence-electron chi connectivity index (χ1n) is 17.8. The van der Waals surface area contributed by atoms with Gasteiger partial charge in [-0.05, 0) is 182 Å². The van der Waals surface area contributed by atoms with Gasteiger partial charge < -0.3 is 9.47 Å². The number of benzene rings is 10. The maximum absolute atomic E-state index is 6.63. The lowest BCUT2D eigenvalue weighted by molar-refractivity contribution is 0.484. The Kier molecular flexibility index (Phi) is 5.53. The monoisotopic (exact) mass is 660 g/mol. The van der Waals surface area contributed by atoms with E-state index in [0.29, 0.717) is 0 Å². The maximum atomic E-state index is 6.63. The van der Waals surface area contributed by atoms with Gasteiger partial charge >= 0.3 is 0 Å². The molecule has 0 spiro atoms. The summed E-state index contributed by atoms with van der Waals surface area (Å²) < 4.78 is 13.3. The minimum atomic E-state index is 0.823. The molecule has 0 unspecified atom stereocenters. The second-order valence-corrected chi connectivity index (χ2v) is 14.1. The van der Waals surface area contributed by atoms with Gasteiger partial charge in [0, 0.05) is 0 Å². The van der Waals surface area contributed by atoms with Gasteiger partial charge in [-0.1, -0.05) is 84.9 Å². The van der Waals surface area contributed by atoms with Gasteiger partial charge in [0.1, 0.15) is 23.0 Å². The Morgan fingerprint density at radius 1 is 0.212 bits per heavy atom. The van der Waals surface area contributed by atoms with E-state index in [9.17, 15) is 0 Å². The predicted octanol–water partition coefficient (Wildman–Crippen LogP) is 14.5. The molecule has 12 aromatic carbocycles. The molecule has 0 bridgehead atoms. The van der Waals surface area contributed by atoms with Crippen LogP contribution in [-0.2, 0) is 0 Å². The summed E-state index contributed by atoms with van der Waals surface area (Å²) in [5.74, 6) is 3.31. The summed E-state index contributed by atoms with van der Waals surface area (Å²) in [6.07, 6.45) is 0. The zero-order valence-electron chi connectivity index (χ0n) is 28.0. The highest BCUT2D eigenvalue weighted by molar-refractivity contribution is 6.42. The molecule has 2 heteroatoms. The molecule has 0 amide bonds. The molecular weight excluding hydrogens is 633 g/mol. The smallest absolute Gasteiger partial charge is 0.128 e. The molecule has 0 heterocycles. The molecule has 0 atom stereocenters. The molecule has 0 aromatic heterocycles. The molecule has 0 N–H and O–H groups in total. The fraction of sp³-hybridized carbons (Fsp3) is 0. The number of para-hydroxylation sites is 2. The Morgan fingerprint density at radius 3 is 0.808 bits per heavy atom. The molecule has 240 valence electrons. The zero-order chi connectivity index (χ0) is 33.9. The normalized spacial score (nSPS) is 12.2. The molecule has 0 saturated heterocycles. The average molecular weight is 661 g/mol. The second-order valence-electron chi connectivity index (χ2n) is 14.1. The van der Waals surface area contributed by atoms with E-state index < -0.39 is 0 Å². The van der Waals surface area contributed by atoms with Gasteiger partial charge in [0.25, 0.3) is 0 Å². The van der Waals surface area contributed by atoms with Crippen molar-refractivity contribution in [3.8, 4) is 23.0 Å². The van der Waals surface area contributed by atoms with Gasteiger partial charge in [-0.2, -0.15) is 0 Å². The summed E-state index contributed by atoms with van der Waals surface area (Å²) in [5.41, 5.74) is 0. The van der Waals surface area contributed by atoms with E-state index >= 15 is 0 Å². The van der Waals surface area contributed by atoms with E-state index in [-0.39, 0.29) is 0 Å². The third-order valence-corrected chi connectivity index (χ3v) is 11.1. The molecule has 0 radical (unpaired) electrons. The summed E-state index contributed by atoms with van der Waals surface area (Å²) in [4.78, 5) is 0. The summed E-state index contributed by atoms with van der Waals surface area (Å²) in [6.45, 7) is 0. The third kappa shape index (κ3) is 3.95. The summed E-state index contributed by atoms with van der Waals surface area (Å²) in [7, 11) is 0. The largest absolute Gasteiger partial charge is 0.457 e. The SMILES string of the molecule is c1ccc(Oc2cc3c4cc5ccccc5cc4c4cc5c(cc6c7cc8ccccc8cc7c7cc(Oc8ccccc8)cc5c76)c(c2)c34)cc1. The Morgan fingerprint density at radius 2 is 0.481 bits per heavy atom. The van der Waals surface area contributed by atoms with E-state index in [2.05, 4.69) is 109 Å². The number of ether oxygens (including phenoxy) is 2. The van der Waals surface area contributed by atoms with Gasteiger partial charge in [0.15, 0.2) is 0 Å². The summed E-state index contributed by atoms with van der Waals surface area (Å²) in [6, 6.07) is 60.8. The number of rotatable bonds is 4. The highest BCUT2D eigenvalue weighted by Gasteiger charge is 2.22. The molecule has 0 aliphatic heterocycles. The summed E-state index contributed by atoms with van der Waals surface area (Å²) >= 11 is 0. The minimum absolute atomic E-state index is 0.823. The van der Waals surface area contributed by atoms with Crippen molar-refractivity contribution in [1.82, 2.24) is 0 Å². The first kappa shape index (κ1) is 27.9. The van der Waals surface area contributed by atoms with E-state index in [0.717, 1.165) is 23.0 Å². The number of hydrogen-bond donors (Lipinski definition) is 0. The van der Waals surface area contributed by atoms with Crippen LogP contribution in [0.4, 0.5) is 0 Å². The van der Waals surface area contributed by atoms with Crippen molar-refractivity contribution in [2.24, 2.45) is 0 Å². The standard InChI is InChI=1S/C50H28O2/c1-3-15-33(16-4-1)51-35-23-43-37-19-29-11-7-9-13-31(29)21-39(37)47-28-42-41(45(25-35)49(43)47)27-48-40-22-32-14-10-8-12-30(32)20-38(40)44-24-36(26-46(42)50(44)48)52-34-17-5-2-6-18-34/h1-28H. The van der Waals surface area contributed by atoms with Crippen LogP contribution in [-0.4, -0.2) is 0 Å². The second kappa shape index (κ2) is 10.3. The molecule has 0 aliphatic carbocycles. The van der Waals surface area contributed by atoms with Crippen molar-refractivity contribution in [1.29, 1.82) is 0 Å². The summed E-state index contributed by atoms with van der Waals surface area (Å²) in [5, 5.41) is 22.3. The van der Waals surface area contributed by atoms with Crippen LogP contribution in [0, 0.1) is 0 Å². The van der Waals surface area contributed by atoms with Crippen molar-refractivity contribution in [3.05, 3.63) is 170 Å². The van der Waals surface area contributed by atoms with Gasteiger partial charge in [-0.25, -0.2) is 0 Å². The molecule has 0 saturated carbocycles. The van der Waals surface area contributed by atoms with E-state index in [1.54, 1.807) is 0 Å².